The molecule has 2 fully saturated rings. The van der Waals surface area contributed by atoms with Gasteiger partial charge < -0.3 is 19.5 Å². The highest BCUT2D eigenvalue weighted by Gasteiger charge is 2.42. The lowest BCUT2D eigenvalue weighted by Crippen LogP contribution is -2.52. The summed E-state index contributed by atoms with van der Waals surface area (Å²) >= 11 is 0. The molecule has 6 nitrogen and oxygen atoms in total. The van der Waals surface area contributed by atoms with Crippen molar-refractivity contribution in [3.63, 3.8) is 0 Å². The van der Waals surface area contributed by atoms with Crippen LogP contribution in [0.5, 0.6) is 0 Å². The Morgan fingerprint density at radius 2 is 2.13 bits per heavy atom. The fraction of sp³-hybridized carbons (Fsp3) is 0.412. The zero-order valence-corrected chi connectivity index (χ0v) is 13.2. The number of piperidine rings is 1. The van der Waals surface area contributed by atoms with Crippen molar-refractivity contribution in [1.29, 1.82) is 0 Å². The molecule has 2 saturated heterocycles. The quantitative estimate of drug-likeness (QED) is 0.875. The van der Waals surface area contributed by atoms with Gasteiger partial charge in [0.2, 0.25) is 0 Å². The Kier molecular flexibility index (Phi) is 3.07. The van der Waals surface area contributed by atoms with Crippen LogP contribution in [0.4, 0.5) is 4.79 Å². The summed E-state index contributed by atoms with van der Waals surface area (Å²) in [4.78, 5) is 28.1. The number of likely N-dealkylation sites (tertiary alicyclic amines) is 1. The van der Waals surface area contributed by atoms with Crippen LogP contribution >= 0.6 is 0 Å². The third-order valence-electron chi connectivity index (χ3n) is 5.03. The highest BCUT2D eigenvalue weighted by atomic mass is 16.3. The first-order chi connectivity index (χ1) is 11.1. The van der Waals surface area contributed by atoms with Crippen LogP contribution < -0.4 is 5.32 Å². The lowest BCUT2D eigenvalue weighted by Gasteiger charge is -2.35. The van der Waals surface area contributed by atoms with E-state index in [4.69, 9.17) is 4.42 Å². The molecule has 2 aromatic rings. The molecule has 1 aromatic carbocycles. The number of furan rings is 1. The number of nitrogens with one attached hydrogen (secondary N) is 1. The van der Waals surface area contributed by atoms with Gasteiger partial charge in [0.05, 0.1) is 12.1 Å². The van der Waals surface area contributed by atoms with E-state index in [-0.39, 0.29) is 24.0 Å². The van der Waals surface area contributed by atoms with Gasteiger partial charge in [0.1, 0.15) is 5.58 Å². The Labute approximate surface area is 134 Å². The lowest BCUT2D eigenvalue weighted by molar-refractivity contribution is 0.0636. The average molecular weight is 313 g/mol. The summed E-state index contributed by atoms with van der Waals surface area (Å²) in [6, 6.07) is 7.77. The van der Waals surface area contributed by atoms with Crippen molar-refractivity contribution in [2.75, 3.05) is 20.1 Å². The number of amides is 3. The predicted molar refractivity (Wildman–Crippen MR) is 85.3 cm³/mol. The predicted octanol–water partition coefficient (Wildman–Crippen LogP) is 1.98. The van der Waals surface area contributed by atoms with E-state index in [1.807, 2.05) is 31.2 Å². The van der Waals surface area contributed by atoms with Gasteiger partial charge in [-0.15, -0.1) is 0 Å². The second-order valence-electron chi connectivity index (χ2n) is 6.33. The van der Waals surface area contributed by atoms with Crippen LogP contribution in [0.1, 0.15) is 22.5 Å². The molecule has 0 spiro atoms. The van der Waals surface area contributed by atoms with E-state index >= 15 is 0 Å². The van der Waals surface area contributed by atoms with Crippen molar-refractivity contribution in [2.45, 2.75) is 25.4 Å². The Balaban J connectivity index is 1.60. The van der Waals surface area contributed by atoms with E-state index in [1.165, 1.54) is 0 Å². The Morgan fingerprint density at radius 3 is 2.91 bits per heavy atom. The molecule has 2 aliphatic rings. The molecule has 0 bridgehead atoms. The van der Waals surface area contributed by atoms with Gasteiger partial charge in [-0.05, 0) is 19.4 Å². The number of aryl methyl sites for hydroxylation is 1. The molecule has 0 aliphatic carbocycles. The summed E-state index contributed by atoms with van der Waals surface area (Å²) in [6.07, 6.45) is 0.783. The SMILES string of the molecule is Cc1c(C(=O)N2CC[C@H]3[C@@H](C2)NC(=O)N3C)oc2ccccc12. The minimum Gasteiger partial charge on any atom is -0.451 e. The molecule has 1 aromatic heterocycles. The van der Waals surface area contributed by atoms with Gasteiger partial charge in [-0.1, -0.05) is 18.2 Å². The first kappa shape index (κ1) is 14.1. The van der Waals surface area contributed by atoms with Crippen LogP contribution in [0.3, 0.4) is 0 Å². The lowest BCUT2D eigenvalue weighted by atomic mass is 10.00. The minimum absolute atomic E-state index is 0.00474. The summed E-state index contributed by atoms with van der Waals surface area (Å²) in [7, 11) is 1.81. The van der Waals surface area contributed by atoms with E-state index in [1.54, 1.807) is 16.8 Å². The molecule has 3 heterocycles. The number of fused-ring (bicyclic) bond motifs is 2. The standard InChI is InChI=1S/C17H19N3O3/c1-10-11-5-3-4-6-14(11)23-15(10)16(21)20-8-7-13-12(9-20)18-17(22)19(13)2/h3-6,12-13H,7-9H2,1-2H3,(H,18,22)/t12-,13+/m1/s1. The van der Waals surface area contributed by atoms with Gasteiger partial charge in [0.15, 0.2) is 5.76 Å². The molecule has 2 aliphatic heterocycles. The van der Waals surface area contributed by atoms with Crippen LogP contribution in [-0.4, -0.2) is 54.0 Å². The number of likely N-dealkylation sites (N-methyl/N-ethyl adjacent to an activating group) is 1. The molecule has 0 radical (unpaired) electrons. The molecule has 120 valence electrons. The number of carbonyl (C=O) groups excluding carboxylic acids is 2. The van der Waals surface area contributed by atoms with E-state index in [9.17, 15) is 9.59 Å². The molecular weight excluding hydrogens is 294 g/mol. The molecule has 3 amide bonds. The molecule has 4 rings (SSSR count). The summed E-state index contributed by atoms with van der Waals surface area (Å²) < 4.78 is 5.78. The number of para-hydroxylation sites is 1. The zero-order valence-electron chi connectivity index (χ0n) is 13.2. The van der Waals surface area contributed by atoms with Gasteiger partial charge in [-0.25, -0.2) is 4.79 Å². The first-order valence-electron chi connectivity index (χ1n) is 7.87. The smallest absolute Gasteiger partial charge is 0.317 e. The van der Waals surface area contributed by atoms with Crippen LogP contribution in [0.25, 0.3) is 11.0 Å². The number of hydrogen-bond acceptors (Lipinski definition) is 3. The second-order valence-corrected chi connectivity index (χ2v) is 6.33. The molecule has 0 saturated carbocycles. The van der Waals surface area contributed by atoms with Gasteiger partial charge in [0.25, 0.3) is 5.91 Å². The maximum absolute atomic E-state index is 12.8. The van der Waals surface area contributed by atoms with Crippen molar-refractivity contribution in [3.05, 3.63) is 35.6 Å². The molecule has 1 N–H and O–H groups in total. The van der Waals surface area contributed by atoms with Crippen molar-refractivity contribution >= 4 is 22.9 Å². The molecule has 0 unspecified atom stereocenters. The zero-order chi connectivity index (χ0) is 16.1. The van der Waals surface area contributed by atoms with E-state index < -0.39 is 0 Å². The second kappa shape index (κ2) is 5.01. The molecule has 23 heavy (non-hydrogen) atoms. The fourth-order valence-electron chi connectivity index (χ4n) is 3.66. The number of urea groups is 1. The van der Waals surface area contributed by atoms with Crippen LogP contribution in [0.15, 0.2) is 28.7 Å². The number of nitrogens with zero attached hydrogens (tertiary/aromatic N) is 2. The molecule has 2 atom stereocenters. The van der Waals surface area contributed by atoms with Gasteiger partial charge in [-0.3, -0.25) is 4.79 Å². The van der Waals surface area contributed by atoms with Gasteiger partial charge in [0, 0.05) is 31.1 Å². The third-order valence-corrected chi connectivity index (χ3v) is 5.03. The van der Waals surface area contributed by atoms with Crippen molar-refractivity contribution in [3.8, 4) is 0 Å². The topological polar surface area (TPSA) is 65.8 Å². The maximum Gasteiger partial charge on any atom is 0.317 e. The van der Waals surface area contributed by atoms with E-state index in [0.29, 0.717) is 18.8 Å². The van der Waals surface area contributed by atoms with Crippen molar-refractivity contribution < 1.29 is 14.0 Å². The van der Waals surface area contributed by atoms with Gasteiger partial charge >= 0.3 is 6.03 Å². The normalized spacial score (nSPS) is 24.0. The molecule has 6 heteroatoms. The highest BCUT2D eigenvalue weighted by Crippen LogP contribution is 2.28. The van der Waals surface area contributed by atoms with Crippen LogP contribution in [0.2, 0.25) is 0 Å². The third kappa shape index (κ3) is 2.09. The summed E-state index contributed by atoms with van der Waals surface area (Å²) in [5.74, 6) is 0.309. The fourth-order valence-corrected chi connectivity index (χ4v) is 3.66. The minimum atomic E-state index is -0.0963. The highest BCUT2D eigenvalue weighted by molar-refractivity contribution is 5.99. The van der Waals surface area contributed by atoms with Crippen LogP contribution in [-0.2, 0) is 0 Å². The number of carbonyl (C=O) groups is 2. The summed E-state index contributed by atoms with van der Waals surface area (Å²) in [5, 5.41) is 3.92. The first-order valence-corrected chi connectivity index (χ1v) is 7.87. The van der Waals surface area contributed by atoms with Gasteiger partial charge in [-0.2, -0.15) is 0 Å². The number of benzene rings is 1. The maximum atomic E-state index is 12.8. The van der Waals surface area contributed by atoms with Crippen molar-refractivity contribution in [1.82, 2.24) is 15.1 Å². The summed E-state index contributed by atoms with van der Waals surface area (Å²) in [5.41, 5.74) is 1.61. The molecular formula is C17H19N3O3. The average Bonchev–Trinajstić information content (AvgIpc) is 3.04. The number of rotatable bonds is 1. The van der Waals surface area contributed by atoms with E-state index in [2.05, 4.69) is 5.32 Å². The summed E-state index contributed by atoms with van der Waals surface area (Å²) in [6.45, 7) is 3.07. The van der Waals surface area contributed by atoms with Crippen LogP contribution in [0, 0.1) is 6.92 Å². The largest absolute Gasteiger partial charge is 0.451 e. The van der Waals surface area contributed by atoms with E-state index in [0.717, 1.165) is 23.0 Å². The Morgan fingerprint density at radius 1 is 1.35 bits per heavy atom. The van der Waals surface area contributed by atoms with Crippen molar-refractivity contribution in [2.24, 2.45) is 0 Å². The Hall–Kier alpha value is -2.50. The number of hydrogen-bond donors (Lipinski definition) is 1. The monoisotopic (exact) mass is 313 g/mol. The Bertz CT molecular complexity index is 797.